The van der Waals surface area contributed by atoms with Crippen molar-refractivity contribution < 1.29 is 0 Å². The van der Waals surface area contributed by atoms with Gasteiger partial charge in [0.1, 0.15) is 0 Å². The highest BCUT2D eigenvalue weighted by atomic mass is 127. The monoisotopic (exact) mass is 354 g/mol. The standard InChI is InChI=1S/C15H15IS/c1-10-8-11(2)15(12(3)9-10)17-14-6-4-13(16)5-7-14/h4-9H,1-3H3. The zero-order chi connectivity index (χ0) is 12.4. The van der Waals surface area contributed by atoms with E-state index in [4.69, 9.17) is 0 Å². The Morgan fingerprint density at radius 3 is 1.94 bits per heavy atom. The SMILES string of the molecule is Cc1cc(C)c(Sc2ccc(I)cc2)c(C)c1. The highest BCUT2D eigenvalue weighted by molar-refractivity contribution is 14.1. The molecule has 0 fully saturated rings. The summed E-state index contributed by atoms with van der Waals surface area (Å²) in [4.78, 5) is 2.69. The molecule has 2 heteroatoms. The Hall–Kier alpha value is -0.480. The minimum absolute atomic E-state index is 1.28. The zero-order valence-electron chi connectivity index (χ0n) is 10.3. The molecule has 0 aromatic heterocycles. The van der Waals surface area contributed by atoms with Gasteiger partial charge in [-0.2, -0.15) is 0 Å². The van der Waals surface area contributed by atoms with Crippen molar-refractivity contribution in [2.45, 2.75) is 30.6 Å². The van der Waals surface area contributed by atoms with Gasteiger partial charge in [-0.1, -0.05) is 29.5 Å². The van der Waals surface area contributed by atoms with Crippen molar-refractivity contribution in [3.05, 3.63) is 56.7 Å². The lowest BCUT2D eigenvalue weighted by molar-refractivity contribution is 1.18. The molecule has 0 nitrogen and oxygen atoms in total. The quantitative estimate of drug-likeness (QED) is 0.654. The fourth-order valence-electron chi connectivity index (χ4n) is 1.95. The second-order valence-corrected chi connectivity index (χ2v) is 6.61. The Labute approximate surface area is 121 Å². The predicted octanol–water partition coefficient (Wildman–Crippen LogP) is 5.37. The molecule has 0 saturated carbocycles. The van der Waals surface area contributed by atoms with E-state index in [1.807, 2.05) is 11.8 Å². The third-order valence-electron chi connectivity index (χ3n) is 2.64. The first-order valence-corrected chi connectivity index (χ1v) is 7.47. The average molecular weight is 354 g/mol. The molecule has 0 aliphatic rings. The van der Waals surface area contributed by atoms with Gasteiger partial charge in [0.15, 0.2) is 0 Å². The van der Waals surface area contributed by atoms with E-state index in [0.29, 0.717) is 0 Å². The topological polar surface area (TPSA) is 0 Å². The van der Waals surface area contributed by atoms with Crippen LogP contribution in [0.4, 0.5) is 0 Å². The number of hydrogen-bond acceptors (Lipinski definition) is 1. The molecule has 88 valence electrons. The molecule has 0 aliphatic heterocycles. The van der Waals surface area contributed by atoms with E-state index in [2.05, 4.69) is 79.8 Å². The fraction of sp³-hybridized carbons (Fsp3) is 0.200. The van der Waals surface area contributed by atoms with Gasteiger partial charge in [0.25, 0.3) is 0 Å². The van der Waals surface area contributed by atoms with Crippen molar-refractivity contribution in [1.82, 2.24) is 0 Å². The lowest BCUT2D eigenvalue weighted by Crippen LogP contribution is -1.87. The van der Waals surface area contributed by atoms with Crippen LogP contribution in [-0.2, 0) is 0 Å². The largest absolute Gasteiger partial charge is 0.0895 e. The summed E-state index contributed by atoms with van der Waals surface area (Å²) >= 11 is 4.19. The lowest BCUT2D eigenvalue weighted by Gasteiger charge is -2.10. The van der Waals surface area contributed by atoms with Gasteiger partial charge in [-0.15, -0.1) is 0 Å². The van der Waals surface area contributed by atoms with Gasteiger partial charge < -0.3 is 0 Å². The van der Waals surface area contributed by atoms with Crippen LogP contribution < -0.4 is 0 Å². The van der Waals surface area contributed by atoms with Crippen LogP contribution in [-0.4, -0.2) is 0 Å². The van der Waals surface area contributed by atoms with Crippen LogP contribution in [0.25, 0.3) is 0 Å². The highest BCUT2D eigenvalue weighted by Crippen LogP contribution is 2.33. The molecule has 0 bridgehead atoms. The van der Waals surface area contributed by atoms with Crippen LogP contribution in [0.1, 0.15) is 16.7 Å². The zero-order valence-corrected chi connectivity index (χ0v) is 13.2. The van der Waals surface area contributed by atoms with E-state index in [1.165, 1.54) is 30.1 Å². The number of benzene rings is 2. The van der Waals surface area contributed by atoms with Crippen molar-refractivity contribution in [2.24, 2.45) is 0 Å². The third kappa shape index (κ3) is 3.26. The number of rotatable bonds is 2. The summed E-state index contributed by atoms with van der Waals surface area (Å²) < 4.78 is 1.28. The minimum Gasteiger partial charge on any atom is -0.0895 e. The molecule has 0 saturated heterocycles. The molecule has 0 spiro atoms. The van der Waals surface area contributed by atoms with E-state index >= 15 is 0 Å². The average Bonchev–Trinajstić information content (AvgIpc) is 2.26. The Kier molecular flexibility index (Phi) is 4.15. The fourth-order valence-corrected chi connectivity index (χ4v) is 3.26. The van der Waals surface area contributed by atoms with Crippen LogP contribution in [0.15, 0.2) is 46.2 Å². The van der Waals surface area contributed by atoms with Crippen LogP contribution in [0.2, 0.25) is 0 Å². The van der Waals surface area contributed by atoms with Gasteiger partial charge >= 0.3 is 0 Å². The summed E-state index contributed by atoms with van der Waals surface area (Å²) in [7, 11) is 0. The normalized spacial score (nSPS) is 10.6. The summed E-state index contributed by atoms with van der Waals surface area (Å²) in [6.45, 7) is 6.53. The molecule has 2 aromatic rings. The molecule has 17 heavy (non-hydrogen) atoms. The van der Waals surface area contributed by atoms with Crippen LogP contribution in [0.3, 0.4) is 0 Å². The molecular formula is C15H15IS. The second-order valence-electron chi connectivity index (χ2n) is 4.28. The molecule has 2 rings (SSSR count). The Morgan fingerprint density at radius 2 is 1.41 bits per heavy atom. The smallest absolute Gasteiger partial charge is 0.0181 e. The molecule has 0 amide bonds. The van der Waals surface area contributed by atoms with E-state index in [9.17, 15) is 0 Å². The van der Waals surface area contributed by atoms with Gasteiger partial charge in [0.05, 0.1) is 0 Å². The molecule has 0 N–H and O–H groups in total. The van der Waals surface area contributed by atoms with E-state index in [-0.39, 0.29) is 0 Å². The first-order chi connectivity index (χ1) is 8.06. The molecule has 0 radical (unpaired) electrons. The third-order valence-corrected chi connectivity index (χ3v) is 4.71. The minimum atomic E-state index is 1.28. The maximum Gasteiger partial charge on any atom is 0.0181 e. The van der Waals surface area contributed by atoms with Gasteiger partial charge in [-0.25, -0.2) is 0 Å². The summed E-state index contributed by atoms with van der Waals surface area (Å²) in [5.41, 5.74) is 4.07. The summed E-state index contributed by atoms with van der Waals surface area (Å²) in [5, 5.41) is 0. The van der Waals surface area contributed by atoms with Crippen molar-refractivity contribution in [2.75, 3.05) is 0 Å². The number of hydrogen-bond donors (Lipinski definition) is 0. The number of aryl methyl sites for hydroxylation is 3. The van der Waals surface area contributed by atoms with Crippen LogP contribution in [0, 0.1) is 24.3 Å². The Balaban J connectivity index is 2.33. The molecule has 2 aromatic carbocycles. The first-order valence-electron chi connectivity index (χ1n) is 5.57. The van der Waals surface area contributed by atoms with Gasteiger partial charge in [-0.05, 0) is 78.8 Å². The van der Waals surface area contributed by atoms with E-state index in [1.54, 1.807) is 0 Å². The summed E-state index contributed by atoms with van der Waals surface area (Å²) in [6, 6.07) is 13.2. The Bertz CT molecular complexity index is 506. The molecular weight excluding hydrogens is 339 g/mol. The molecule has 0 aliphatic carbocycles. The van der Waals surface area contributed by atoms with Crippen LogP contribution >= 0.6 is 34.4 Å². The molecule has 0 unspecified atom stereocenters. The second kappa shape index (κ2) is 5.44. The molecule has 0 atom stereocenters. The van der Waals surface area contributed by atoms with E-state index < -0.39 is 0 Å². The summed E-state index contributed by atoms with van der Waals surface area (Å²) in [5.74, 6) is 0. The van der Waals surface area contributed by atoms with Gasteiger partial charge in [0, 0.05) is 13.4 Å². The maximum absolute atomic E-state index is 2.34. The van der Waals surface area contributed by atoms with Crippen molar-refractivity contribution >= 4 is 34.4 Å². The first kappa shape index (κ1) is 13.0. The number of halogens is 1. The maximum atomic E-state index is 2.34. The Morgan fingerprint density at radius 1 is 0.882 bits per heavy atom. The predicted molar refractivity (Wildman–Crippen MR) is 83.9 cm³/mol. The van der Waals surface area contributed by atoms with Crippen molar-refractivity contribution in [1.29, 1.82) is 0 Å². The van der Waals surface area contributed by atoms with E-state index in [0.717, 1.165) is 0 Å². The lowest BCUT2D eigenvalue weighted by atomic mass is 10.1. The molecule has 0 heterocycles. The summed E-state index contributed by atoms with van der Waals surface area (Å²) in [6.07, 6.45) is 0. The highest BCUT2D eigenvalue weighted by Gasteiger charge is 2.05. The van der Waals surface area contributed by atoms with Crippen molar-refractivity contribution in [3.63, 3.8) is 0 Å². The van der Waals surface area contributed by atoms with Gasteiger partial charge in [-0.3, -0.25) is 0 Å². The van der Waals surface area contributed by atoms with Crippen LogP contribution in [0.5, 0.6) is 0 Å². The van der Waals surface area contributed by atoms with Gasteiger partial charge in [0.2, 0.25) is 0 Å². The van der Waals surface area contributed by atoms with Crippen molar-refractivity contribution in [3.8, 4) is 0 Å².